The molecule has 4 heterocycles. The maximum absolute atomic E-state index is 5.89. The Morgan fingerprint density at radius 2 is 2.04 bits per heavy atom. The topological polar surface area (TPSA) is 113 Å². The minimum atomic E-state index is 0.207. The van der Waals surface area contributed by atoms with Gasteiger partial charge in [-0.15, -0.1) is 0 Å². The molecule has 1 fully saturated rings. The molecular weight excluding hydrogens is 338 g/mol. The molecule has 0 aliphatic heterocycles. The zero-order valence-electron chi connectivity index (χ0n) is 13.5. The van der Waals surface area contributed by atoms with E-state index < -0.39 is 0 Å². The Balaban J connectivity index is 1.44. The summed E-state index contributed by atoms with van der Waals surface area (Å²) < 4.78 is 21.4. The van der Waals surface area contributed by atoms with Crippen molar-refractivity contribution in [2.24, 2.45) is 0 Å². The van der Waals surface area contributed by atoms with Crippen LogP contribution in [0.1, 0.15) is 19.3 Å². The van der Waals surface area contributed by atoms with E-state index in [1.807, 2.05) is 6.07 Å². The molecule has 0 bridgehead atoms. The molecule has 1 aliphatic carbocycles. The van der Waals surface area contributed by atoms with Gasteiger partial charge in [-0.05, 0) is 25.3 Å². The highest BCUT2D eigenvalue weighted by atomic mass is 16.5. The first-order valence-corrected chi connectivity index (χ1v) is 8.18. The van der Waals surface area contributed by atoms with Gasteiger partial charge in [-0.2, -0.15) is 4.98 Å². The highest BCUT2D eigenvalue weighted by molar-refractivity contribution is 5.70. The Morgan fingerprint density at radius 3 is 2.85 bits per heavy atom. The Kier molecular flexibility index (Phi) is 3.48. The second-order valence-electron chi connectivity index (χ2n) is 5.89. The van der Waals surface area contributed by atoms with Crippen LogP contribution >= 0.6 is 0 Å². The summed E-state index contributed by atoms with van der Waals surface area (Å²) >= 11 is 0. The third-order valence-electron chi connectivity index (χ3n) is 4.18. The van der Waals surface area contributed by atoms with Crippen LogP contribution in [0.25, 0.3) is 34.6 Å². The first-order valence-electron chi connectivity index (χ1n) is 8.18. The molecular formula is C17H13N5O4. The van der Waals surface area contributed by atoms with Crippen LogP contribution in [0.4, 0.5) is 0 Å². The third kappa shape index (κ3) is 2.63. The van der Waals surface area contributed by atoms with Gasteiger partial charge in [-0.3, -0.25) is 4.98 Å². The second-order valence-corrected chi connectivity index (χ2v) is 5.89. The molecule has 130 valence electrons. The van der Waals surface area contributed by atoms with Gasteiger partial charge >= 0.3 is 0 Å². The van der Waals surface area contributed by atoms with Gasteiger partial charge in [0.2, 0.25) is 5.82 Å². The van der Waals surface area contributed by atoms with E-state index in [-0.39, 0.29) is 12.0 Å². The number of ether oxygens (including phenoxy) is 1. The molecule has 9 nitrogen and oxygen atoms in total. The zero-order valence-corrected chi connectivity index (χ0v) is 13.5. The van der Waals surface area contributed by atoms with Gasteiger partial charge in [0.15, 0.2) is 23.5 Å². The minimum Gasteiger partial charge on any atom is -0.490 e. The predicted octanol–water partition coefficient (Wildman–Crippen LogP) is 3.37. The van der Waals surface area contributed by atoms with Gasteiger partial charge < -0.3 is 18.2 Å². The van der Waals surface area contributed by atoms with E-state index in [0.717, 1.165) is 18.6 Å². The lowest BCUT2D eigenvalue weighted by molar-refractivity contribution is 0.120. The fourth-order valence-electron chi connectivity index (χ4n) is 2.62. The van der Waals surface area contributed by atoms with E-state index >= 15 is 0 Å². The van der Waals surface area contributed by atoms with E-state index in [4.69, 9.17) is 18.2 Å². The van der Waals surface area contributed by atoms with Crippen LogP contribution in [-0.4, -0.2) is 31.4 Å². The summed E-state index contributed by atoms with van der Waals surface area (Å²) in [6.07, 6.45) is 8.05. The molecule has 4 aromatic heterocycles. The van der Waals surface area contributed by atoms with E-state index in [0.29, 0.717) is 28.7 Å². The minimum absolute atomic E-state index is 0.207. The lowest BCUT2D eigenvalue weighted by atomic mass is 9.96. The molecule has 9 heteroatoms. The molecule has 0 unspecified atom stereocenters. The SMILES string of the molecule is c1cc(OC2CCC2)cc(-c2noc(-c3ncoc3-c3ccon3)n2)n1. The normalized spacial score (nSPS) is 14.3. The van der Waals surface area contributed by atoms with E-state index in [2.05, 4.69) is 25.3 Å². The van der Waals surface area contributed by atoms with Crippen LogP contribution in [-0.2, 0) is 0 Å². The smallest absolute Gasteiger partial charge is 0.280 e. The molecule has 4 aromatic rings. The molecule has 0 spiro atoms. The lowest BCUT2D eigenvalue weighted by Crippen LogP contribution is -2.24. The molecule has 0 atom stereocenters. The summed E-state index contributed by atoms with van der Waals surface area (Å²) in [7, 11) is 0. The monoisotopic (exact) mass is 351 g/mol. The quantitative estimate of drug-likeness (QED) is 0.534. The summed E-state index contributed by atoms with van der Waals surface area (Å²) in [5.41, 5.74) is 1.44. The molecule has 0 amide bonds. The van der Waals surface area contributed by atoms with Crippen LogP contribution in [0.3, 0.4) is 0 Å². The molecule has 5 rings (SSSR count). The van der Waals surface area contributed by atoms with Crippen molar-refractivity contribution in [2.45, 2.75) is 25.4 Å². The summed E-state index contributed by atoms with van der Waals surface area (Å²) in [5.74, 6) is 1.69. The summed E-state index contributed by atoms with van der Waals surface area (Å²) in [6.45, 7) is 0. The average molecular weight is 351 g/mol. The van der Waals surface area contributed by atoms with Gasteiger partial charge in [0.05, 0.1) is 6.10 Å². The summed E-state index contributed by atoms with van der Waals surface area (Å²) in [6, 6.07) is 5.28. The van der Waals surface area contributed by atoms with Crippen LogP contribution in [0.5, 0.6) is 5.75 Å². The second kappa shape index (κ2) is 6.10. The largest absolute Gasteiger partial charge is 0.490 e. The molecule has 1 aliphatic rings. The maximum atomic E-state index is 5.89. The predicted molar refractivity (Wildman–Crippen MR) is 86.8 cm³/mol. The van der Waals surface area contributed by atoms with Crippen molar-refractivity contribution in [2.75, 3.05) is 0 Å². The number of aromatic nitrogens is 5. The molecule has 0 saturated heterocycles. The van der Waals surface area contributed by atoms with Crippen molar-refractivity contribution in [1.29, 1.82) is 0 Å². The number of oxazole rings is 1. The summed E-state index contributed by atoms with van der Waals surface area (Å²) in [4.78, 5) is 12.8. The fraction of sp³-hybridized carbons (Fsp3) is 0.235. The number of nitrogens with zero attached hydrogens (tertiary/aromatic N) is 5. The lowest BCUT2D eigenvalue weighted by Gasteiger charge is -2.26. The Bertz CT molecular complexity index is 1020. The Morgan fingerprint density at radius 1 is 1.08 bits per heavy atom. The average Bonchev–Trinajstić information content (AvgIpc) is 3.38. The van der Waals surface area contributed by atoms with Crippen molar-refractivity contribution in [1.82, 2.24) is 25.3 Å². The standard InChI is InChI=1S/C17H13N5O4/c1-2-10(3-1)25-11-4-6-18-13(8-11)16-20-17(26-22-16)14-15(23-9-19-14)12-5-7-24-21-12/h4-10H,1-3H2. The number of pyridine rings is 1. The molecule has 0 N–H and O–H groups in total. The summed E-state index contributed by atoms with van der Waals surface area (Å²) in [5, 5.41) is 7.82. The van der Waals surface area contributed by atoms with E-state index in [9.17, 15) is 0 Å². The van der Waals surface area contributed by atoms with Crippen LogP contribution < -0.4 is 4.74 Å². The van der Waals surface area contributed by atoms with Crippen molar-refractivity contribution in [3.8, 4) is 40.3 Å². The first-order chi connectivity index (χ1) is 12.9. The van der Waals surface area contributed by atoms with Gasteiger partial charge in [-0.1, -0.05) is 10.3 Å². The molecule has 0 radical (unpaired) electrons. The van der Waals surface area contributed by atoms with Crippen LogP contribution in [0.2, 0.25) is 0 Å². The van der Waals surface area contributed by atoms with Gasteiger partial charge in [-0.25, -0.2) is 4.98 Å². The molecule has 26 heavy (non-hydrogen) atoms. The first kappa shape index (κ1) is 14.8. The Hall–Kier alpha value is -3.49. The number of hydrogen-bond donors (Lipinski definition) is 0. The van der Waals surface area contributed by atoms with Crippen molar-refractivity contribution < 1.29 is 18.2 Å². The van der Waals surface area contributed by atoms with Crippen LogP contribution in [0.15, 0.2) is 50.5 Å². The highest BCUT2D eigenvalue weighted by Crippen LogP contribution is 2.31. The number of hydrogen-bond acceptors (Lipinski definition) is 9. The molecule has 1 saturated carbocycles. The van der Waals surface area contributed by atoms with Crippen molar-refractivity contribution >= 4 is 0 Å². The van der Waals surface area contributed by atoms with E-state index in [1.165, 1.54) is 19.1 Å². The van der Waals surface area contributed by atoms with E-state index in [1.54, 1.807) is 18.3 Å². The van der Waals surface area contributed by atoms with Gasteiger partial charge in [0, 0.05) is 18.3 Å². The van der Waals surface area contributed by atoms with Gasteiger partial charge in [0.25, 0.3) is 5.89 Å². The maximum Gasteiger partial charge on any atom is 0.280 e. The van der Waals surface area contributed by atoms with Crippen molar-refractivity contribution in [3.63, 3.8) is 0 Å². The fourth-order valence-corrected chi connectivity index (χ4v) is 2.62. The number of rotatable bonds is 5. The van der Waals surface area contributed by atoms with Crippen LogP contribution in [0, 0.1) is 0 Å². The Labute approximate surface area is 147 Å². The third-order valence-corrected chi connectivity index (χ3v) is 4.18. The highest BCUT2D eigenvalue weighted by Gasteiger charge is 2.22. The van der Waals surface area contributed by atoms with Crippen molar-refractivity contribution in [3.05, 3.63) is 37.1 Å². The van der Waals surface area contributed by atoms with Gasteiger partial charge in [0.1, 0.15) is 17.7 Å². The molecule has 0 aromatic carbocycles. The zero-order chi connectivity index (χ0) is 17.3.